The number of carbonyl (C=O) groups is 1. The van der Waals surface area contributed by atoms with E-state index in [1.165, 1.54) is 0 Å². The SMILES string of the molecule is Cc1ccc(OCc2cccc(C(=O)NCC(C)CCO)c2)cn1. The molecule has 0 fully saturated rings. The normalized spacial score (nSPS) is 11.8. The Balaban J connectivity index is 1.90. The number of nitrogens with one attached hydrogen (secondary N) is 1. The number of benzene rings is 1. The van der Waals surface area contributed by atoms with E-state index in [-0.39, 0.29) is 18.4 Å². The molecule has 0 aliphatic heterocycles. The van der Waals surface area contributed by atoms with E-state index in [2.05, 4.69) is 10.3 Å². The number of pyridine rings is 1. The van der Waals surface area contributed by atoms with Gasteiger partial charge in [0, 0.05) is 24.4 Å². The van der Waals surface area contributed by atoms with Crippen molar-refractivity contribution in [2.45, 2.75) is 26.9 Å². The van der Waals surface area contributed by atoms with Crippen LogP contribution in [0.25, 0.3) is 0 Å². The molecule has 24 heavy (non-hydrogen) atoms. The third kappa shape index (κ3) is 5.66. The van der Waals surface area contributed by atoms with Crippen LogP contribution in [0, 0.1) is 12.8 Å². The molecule has 0 radical (unpaired) electrons. The van der Waals surface area contributed by atoms with Crippen molar-refractivity contribution in [3.63, 3.8) is 0 Å². The molecule has 2 N–H and O–H groups in total. The molecule has 0 saturated heterocycles. The Morgan fingerprint density at radius 2 is 2.17 bits per heavy atom. The van der Waals surface area contributed by atoms with Crippen LogP contribution in [-0.4, -0.2) is 29.1 Å². The molecule has 0 saturated carbocycles. The van der Waals surface area contributed by atoms with Crippen molar-refractivity contribution in [3.8, 4) is 5.75 Å². The van der Waals surface area contributed by atoms with Gasteiger partial charge >= 0.3 is 0 Å². The summed E-state index contributed by atoms with van der Waals surface area (Å²) in [5, 5.41) is 11.8. The molecular formula is C19H24N2O3. The van der Waals surface area contributed by atoms with E-state index in [1.807, 2.05) is 44.2 Å². The first-order chi connectivity index (χ1) is 11.6. The summed E-state index contributed by atoms with van der Waals surface area (Å²) < 4.78 is 5.69. The number of ether oxygens (including phenoxy) is 1. The molecule has 5 heteroatoms. The van der Waals surface area contributed by atoms with E-state index < -0.39 is 0 Å². The van der Waals surface area contributed by atoms with Gasteiger partial charge in [-0.2, -0.15) is 0 Å². The molecule has 1 aromatic carbocycles. The number of aliphatic hydroxyl groups excluding tert-OH is 1. The molecule has 0 bridgehead atoms. The number of rotatable bonds is 8. The highest BCUT2D eigenvalue weighted by Crippen LogP contribution is 2.13. The molecule has 0 spiro atoms. The summed E-state index contributed by atoms with van der Waals surface area (Å²) in [6.07, 6.45) is 2.37. The Morgan fingerprint density at radius 3 is 2.88 bits per heavy atom. The van der Waals surface area contributed by atoms with Gasteiger partial charge in [-0.25, -0.2) is 0 Å². The van der Waals surface area contributed by atoms with E-state index in [4.69, 9.17) is 9.84 Å². The van der Waals surface area contributed by atoms with E-state index >= 15 is 0 Å². The second-order valence-corrected chi connectivity index (χ2v) is 5.95. The fourth-order valence-corrected chi connectivity index (χ4v) is 2.20. The standard InChI is InChI=1S/C19H24N2O3/c1-14(8-9-22)11-21-19(23)17-5-3-4-16(10-17)13-24-18-7-6-15(2)20-12-18/h3-7,10,12,14,22H,8-9,11,13H2,1-2H3,(H,21,23). The molecule has 1 amide bonds. The highest BCUT2D eigenvalue weighted by atomic mass is 16.5. The monoisotopic (exact) mass is 328 g/mol. The number of aryl methyl sites for hydroxylation is 1. The molecule has 2 rings (SSSR count). The van der Waals surface area contributed by atoms with Crippen molar-refractivity contribution in [2.75, 3.05) is 13.2 Å². The van der Waals surface area contributed by atoms with Gasteiger partial charge in [-0.3, -0.25) is 9.78 Å². The zero-order valence-electron chi connectivity index (χ0n) is 14.2. The molecule has 1 unspecified atom stereocenters. The van der Waals surface area contributed by atoms with Crippen molar-refractivity contribution in [3.05, 3.63) is 59.4 Å². The van der Waals surface area contributed by atoms with E-state index in [0.29, 0.717) is 30.9 Å². The van der Waals surface area contributed by atoms with Gasteiger partial charge in [0.25, 0.3) is 5.91 Å². The maximum Gasteiger partial charge on any atom is 0.251 e. The number of hydrogen-bond donors (Lipinski definition) is 2. The van der Waals surface area contributed by atoms with Crippen LogP contribution < -0.4 is 10.1 Å². The topological polar surface area (TPSA) is 71.5 Å². The molecule has 1 heterocycles. The Kier molecular flexibility index (Phi) is 6.75. The van der Waals surface area contributed by atoms with Crippen LogP contribution in [-0.2, 0) is 6.61 Å². The van der Waals surface area contributed by atoms with Crippen molar-refractivity contribution < 1.29 is 14.6 Å². The number of nitrogens with zero attached hydrogens (tertiary/aromatic N) is 1. The van der Waals surface area contributed by atoms with Gasteiger partial charge in [0.15, 0.2) is 0 Å². The fraction of sp³-hybridized carbons (Fsp3) is 0.368. The van der Waals surface area contributed by atoms with Crippen molar-refractivity contribution in [1.29, 1.82) is 0 Å². The van der Waals surface area contributed by atoms with Crippen LogP contribution in [0.5, 0.6) is 5.75 Å². The minimum atomic E-state index is -0.112. The van der Waals surface area contributed by atoms with Crippen molar-refractivity contribution >= 4 is 5.91 Å². The first kappa shape index (κ1) is 17.9. The Hall–Kier alpha value is -2.40. The summed E-state index contributed by atoms with van der Waals surface area (Å²) in [5.74, 6) is 0.839. The molecular weight excluding hydrogens is 304 g/mol. The lowest BCUT2D eigenvalue weighted by Gasteiger charge is -2.12. The number of aromatic nitrogens is 1. The predicted octanol–water partition coefficient (Wildman–Crippen LogP) is 2.72. The van der Waals surface area contributed by atoms with Crippen LogP contribution in [0.15, 0.2) is 42.6 Å². The van der Waals surface area contributed by atoms with Crippen molar-refractivity contribution in [1.82, 2.24) is 10.3 Å². The van der Waals surface area contributed by atoms with Gasteiger partial charge in [0.2, 0.25) is 0 Å². The largest absolute Gasteiger partial charge is 0.487 e. The lowest BCUT2D eigenvalue weighted by molar-refractivity contribution is 0.0945. The molecule has 0 aliphatic carbocycles. The second-order valence-electron chi connectivity index (χ2n) is 5.95. The number of carbonyl (C=O) groups excluding carboxylic acids is 1. The van der Waals surface area contributed by atoms with Gasteiger partial charge in [-0.15, -0.1) is 0 Å². The fourth-order valence-electron chi connectivity index (χ4n) is 2.20. The van der Waals surface area contributed by atoms with Crippen LogP contribution in [0.1, 0.15) is 35.0 Å². The zero-order valence-corrected chi connectivity index (χ0v) is 14.2. The predicted molar refractivity (Wildman–Crippen MR) is 92.9 cm³/mol. The minimum Gasteiger partial charge on any atom is -0.487 e. The lowest BCUT2D eigenvalue weighted by Crippen LogP contribution is -2.28. The molecule has 128 valence electrons. The summed E-state index contributed by atoms with van der Waals surface area (Å²) in [4.78, 5) is 16.4. The van der Waals surface area contributed by atoms with Crippen molar-refractivity contribution in [2.24, 2.45) is 5.92 Å². The number of amides is 1. The Morgan fingerprint density at radius 1 is 1.33 bits per heavy atom. The first-order valence-corrected chi connectivity index (χ1v) is 8.12. The number of hydrogen-bond acceptors (Lipinski definition) is 4. The van der Waals surface area contributed by atoms with Crippen LogP contribution in [0.4, 0.5) is 0 Å². The Labute approximate surface area is 142 Å². The third-order valence-corrected chi connectivity index (χ3v) is 3.71. The van der Waals surface area contributed by atoms with E-state index in [0.717, 1.165) is 11.3 Å². The summed E-state index contributed by atoms with van der Waals surface area (Å²) in [6, 6.07) is 11.1. The maximum atomic E-state index is 12.2. The highest BCUT2D eigenvalue weighted by molar-refractivity contribution is 5.94. The smallest absolute Gasteiger partial charge is 0.251 e. The van der Waals surface area contributed by atoms with Crippen LogP contribution in [0.2, 0.25) is 0 Å². The zero-order chi connectivity index (χ0) is 17.4. The van der Waals surface area contributed by atoms with Gasteiger partial charge in [-0.1, -0.05) is 19.1 Å². The summed E-state index contributed by atoms with van der Waals surface area (Å²) in [6.45, 7) is 4.99. The van der Waals surface area contributed by atoms with Crippen LogP contribution in [0.3, 0.4) is 0 Å². The summed E-state index contributed by atoms with van der Waals surface area (Å²) >= 11 is 0. The maximum absolute atomic E-state index is 12.2. The Bertz CT molecular complexity index is 656. The molecule has 2 aromatic rings. The summed E-state index contributed by atoms with van der Waals surface area (Å²) in [5.41, 5.74) is 2.47. The van der Waals surface area contributed by atoms with E-state index in [9.17, 15) is 4.79 Å². The summed E-state index contributed by atoms with van der Waals surface area (Å²) in [7, 11) is 0. The molecule has 5 nitrogen and oxygen atoms in total. The van der Waals surface area contributed by atoms with Gasteiger partial charge in [0.05, 0.1) is 6.20 Å². The van der Waals surface area contributed by atoms with Gasteiger partial charge < -0.3 is 15.2 Å². The minimum absolute atomic E-state index is 0.112. The molecule has 1 aromatic heterocycles. The average molecular weight is 328 g/mol. The molecule has 1 atom stereocenters. The van der Waals surface area contributed by atoms with Gasteiger partial charge in [0.1, 0.15) is 12.4 Å². The van der Waals surface area contributed by atoms with Gasteiger partial charge in [-0.05, 0) is 49.1 Å². The van der Waals surface area contributed by atoms with E-state index in [1.54, 1.807) is 12.3 Å². The first-order valence-electron chi connectivity index (χ1n) is 8.12. The second kappa shape index (κ2) is 9.03. The quantitative estimate of drug-likeness (QED) is 0.781. The lowest BCUT2D eigenvalue weighted by atomic mass is 10.1. The van der Waals surface area contributed by atoms with Crippen LogP contribution >= 0.6 is 0 Å². The third-order valence-electron chi connectivity index (χ3n) is 3.71. The highest BCUT2D eigenvalue weighted by Gasteiger charge is 2.08. The molecule has 0 aliphatic rings. The number of aliphatic hydroxyl groups is 1. The average Bonchev–Trinajstić information content (AvgIpc) is 2.60.